The Kier molecular flexibility index (Phi) is 8.58. The van der Waals surface area contributed by atoms with Gasteiger partial charge in [0.2, 0.25) is 5.91 Å². The van der Waals surface area contributed by atoms with Crippen LogP contribution in [0.3, 0.4) is 0 Å². The normalized spacial score (nSPS) is 17.8. The highest BCUT2D eigenvalue weighted by Gasteiger charge is 2.18. The van der Waals surface area contributed by atoms with Gasteiger partial charge < -0.3 is 19.3 Å². The monoisotopic (exact) mass is 322 g/mol. The zero-order valence-electron chi connectivity index (χ0n) is 11.1. The number of alkyl halides is 1. The van der Waals surface area contributed by atoms with E-state index in [4.69, 9.17) is 9.47 Å². The topological polar surface area (TPSA) is 42.0 Å². The minimum atomic E-state index is 0.0896. The number of hydrogen-bond acceptors (Lipinski definition) is 4. The Bertz CT molecular complexity index is 241. The third kappa shape index (κ3) is 6.13. The Morgan fingerprint density at radius 2 is 2.06 bits per heavy atom. The lowest BCUT2D eigenvalue weighted by Gasteiger charge is -2.21. The Hall–Kier alpha value is -0.170. The van der Waals surface area contributed by atoms with Crippen LogP contribution in [0.25, 0.3) is 0 Å². The Morgan fingerprint density at radius 1 is 1.22 bits per heavy atom. The van der Waals surface area contributed by atoms with Crippen LogP contribution < -0.4 is 0 Å². The van der Waals surface area contributed by atoms with Crippen LogP contribution in [0.2, 0.25) is 0 Å². The number of ether oxygens (including phenoxy) is 2. The fourth-order valence-electron chi connectivity index (χ4n) is 1.96. The molecule has 1 aliphatic rings. The van der Waals surface area contributed by atoms with Crippen molar-refractivity contribution in [3.8, 4) is 0 Å². The number of hydrogen-bond donors (Lipinski definition) is 0. The highest BCUT2D eigenvalue weighted by molar-refractivity contribution is 9.09. The predicted molar refractivity (Wildman–Crippen MR) is 74.1 cm³/mol. The largest absolute Gasteiger partial charge is 0.382 e. The lowest BCUT2D eigenvalue weighted by Crippen LogP contribution is -2.37. The van der Waals surface area contributed by atoms with Crippen LogP contribution in [0.5, 0.6) is 0 Å². The van der Waals surface area contributed by atoms with Crippen molar-refractivity contribution in [1.82, 2.24) is 9.80 Å². The molecule has 5 nitrogen and oxygen atoms in total. The molecular formula is C12H23BrN2O3. The van der Waals surface area contributed by atoms with E-state index in [2.05, 4.69) is 20.8 Å². The molecule has 1 amide bonds. The summed E-state index contributed by atoms with van der Waals surface area (Å²) in [5.41, 5.74) is 0. The van der Waals surface area contributed by atoms with E-state index in [9.17, 15) is 4.79 Å². The molecule has 0 N–H and O–H groups in total. The first-order chi connectivity index (χ1) is 8.77. The lowest BCUT2D eigenvalue weighted by atomic mass is 10.4. The van der Waals surface area contributed by atoms with E-state index in [0.29, 0.717) is 13.2 Å². The molecule has 0 radical (unpaired) electrons. The van der Waals surface area contributed by atoms with Crippen molar-refractivity contribution >= 4 is 21.8 Å². The van der Waals surface area contributed by atoms with E-state index < -0.39 is 0 Å². The molecule has 6 heteroatoms. The number of rotatable bonds is 7. The van der Waals surface area contributed by atoms with Crippen molar-refractivity contribution < 1.29 is 14.3 Å². The average Bonchev–Trinajstić information content (AvgIpc) is 2.61. The van der Waals surface area contributed by atoms with Crippen LogP contribution in [-0.4, -0.2) is 80.7 Å². The third-order valence-electron chi connectivity index (χ3n) is 3.00. The molecule has 1 fully saturated rings. The molecule has 0 aromatic rings. The number of nitrogens with zero attached hydrogens (tertiary/aromatic N) is 2. The summed E-state index contributed by atoms with van der Waals surface area (Å²) in [5.74, 6) is 0.0896. The van der Waals surface area contributed by atoms with Gasteiger partial charge in [-0.1, -0.05) is 15.9 Å². The fourth-order valence-corrected chi connectivity index (χ4v) is 2.46. The maximum absolute atomic E-state index is 11.9. The van der Waals surface area contributed by atoms with E-state index in [1.807, 2.05) is 4.90 Å². The molecule has 106 valence electrons. The summed E-state index contributed by atoms with van der Waals surface area (Å²) in [5, 5.41) is 0.987. The molecule has 0 aliphatic carbocycles. The van der Waals surface area contributed by atoms with Gasteiger partial charge in [0, 0.05) is 38.6 Å². The smallest absolute Gasteiger partial charge is 0.248 e. The molecule has 1 heterocycles. The molecule has 1 aliphatic heterocycles. The fraction of sp³-hybridized carbons (Fsp3) is 0.917. The summed E-state index contributed by atoms with van der Waals surface area (Å²) in [6.45, 7) is 5.90. The van der Waals surface area contributed by atoms with Crippen molar-refractivity contribution in [2.75, 3.05) is 65.0 Å². The maximum atomic E-state index is 11.9. The second kappa shape index (κ2) is 9.72. The molecular weight excluding hydrogens is 300 g/mol. The van der Waals surface area contributed by atoms with Gasteiger partial charge in [-0.15, -0.1) is 0 Å². The molecule has 0 bridgehead atoms. The molecule has 0 atom stereocenters. The van der Waals surface area contributed by atoms with Crippen LogP contribution in [0.15, 0.2) is 0 Å². The van der Waals surface area contributed by atoms with E-state index in [0.717, 1.165) is 44.5 Å². The van der Waals surface area contributed by atoms with Crippen LogP contribution in [0, 0.1) is 0 Å². The summed E-state index contributed by atoms with van der Waals surface area (Å²) < 4.78 is 10.1. The van der Waals surface area contributed by atoms with Gasteiger partial charge in [0.25, 0.3) is 0 Å². The SMILES string of the molecule is COCCOCC(=O)N1CCCN(CCBr)CC1. The van der Waals surface area contributed by atoms with Crippen molar-refractivity contribution in [2.24, 2.45) is 0 Å². The summed E-state index contributed by atoms with van der Waals surface area (Å²) in [6, 6.07) is 0. The van der Waals surface area contributed by atoms with Crippen molar-refractivity contribution in [3.05, 3.63) is 0 Å². The highest BCUT2D eigenvalue weighted by atomic mass is 79.9. The average molecular weight is 323 g/mol. The highest BCUT2D eigenvalue weighted by Crippen LogP contribution is 2.04. The molecule has 1 rings (SSSR count). The Morgan fingerprint density at radius 3 is 2.78 bits per heavy atom. The number of carbonyl (C=O) groups is 1. The number of methoxy groups -OCH3 is 1. The molecule has 0 aromatic heterocycles. The summed E-state index contributed by atoms with van der Waals surface area (Å²) in [7, 11) is 1.62. The van der Waals surface area contributed by atoms with Gasteiger partial charge in [0.15, 0.2) is 0 Å². The number of carbonyl (C=O) groups excluding carboxylic acids is 1. The number of amides is 1. The molecule has 0 aromatic carbocycles. The second-order valence-corrected chi connectivity index (χ2v) is 5.10. The minimum Gasteiger partial charge on any atom is -0.382 e. The zero-order valence-corrected chi connectivity index (χ0v) is 12.7. The summed E-state index contributed by atoms with van der Waals surface area (Å²) in [4.78, 5) is 16.2. The quantitative estimate of drug-likeness (QED) is 0.508. The van der Waals surface area contributed by atoms with Crippen LogP contribution >= 0.6 is 15.9 Å². The lowest BCUT2D eigenvalue weighted by molar-refractivity contribution is -0.136. The van der Waals surface area contributed by atoms with Crippen molar-refractivity contribution in [1.29, 1.82) is 0 Å². The zero-order chi connectivity index (χ0) is 13.2. The minimum absolute atomic E-state index is 0.0896. The molecule has 1 saturated heterocycles. The molecule has 0 saturated carbocycles. The Balaban J connectivity index is 2.22. The molecule has 0 unspecified atom stereocenters. The van der Waals surface area contributed by atoms with Gasteiger partial charge in [0.1, 0.15) is 6.61 Å². The second-order valence-electron chi connectivity index (χ2n) is 4.31. The van der Waals surface area contributed by atoms with Crippen LogP contribution in [-0.2, 0) is 14.3 Å². The van der Waals surface area contributed by atoms with Gasteiger partial charge in [-0.2, -0.15) is 0 Å². The first-order valence-electron chi connectivity index (χ1n) is 6.40. The van der Waals surface area contributed by atoms with Crippen LogP contribution in [0.4, 0.5) is 0 Å². The van der Waals surface area contributed by atoms with Gasteiger partial charge in [0.05, 0.1) is 13.2 Å². The predicted octanol–water partition coefficient (Wildman–Crippen LogP) is 0.579. The van der Waals surface area contributed by atoms with E-state index >= 15 is 0 Å². The van der Waals surface area contributed by atoms with Gasteiger partial charge in [-0.3, -0.25) is 4.79 Å². The van der Waals surface area contributed by atoms with Crippen LogP contribution in [0.1, 0.15) is 6.42 Å². The summed E-state index contributed by atoms with van der Waals surface area (Å²) >= 11 is 3.45. The van der Waals surface area contributed by atoms with Gasteiger partial charge in [-0.05, 0) is 13.0 Å². The Labute approximate surface area is 118 Å². The third-order valence-corrected chi connectivity index (χ3v) is 3.35. The summed E-state index contributed by atoms with van der Waals surface area (Å²) in [6.07, 6.45) is 1.04. The van der Waals surface area contributed by atoms with Crippen molar-refractivity contribution in [2.45, 2.75) is 6.42 Å². The molecule has 18 heavy (non-hydrogen) atoms. The first kappa shape index (κ1) is 15.9. The maximum Gasteiger partial charge on any atom is 0.248 e. The van der Waals surface area contributed by atoms with Crippen molar-refractivity contribution in [3.63, 3.8) is 0 Å². The first-order valence-corrected chi connectivity index (χ1v) is 7.53. The van der Waals surface area contributed by atoms with Gasteiger partial charge in [-0.25, -0.2) is 0 Å². The standard InChI is InChI=1S/C12H23BrN2O3/c1-17-9-10-18-11-12(16)15-5-2-4-14(6-3-13)7-8-15/h2-11H2,1H3. The number of halogens is 1. The molecule has 0 spiro atoms. The van der Waals surface area contributed by atoms with Gasteiger partial charge >= 0.3 is 0 Å². The van der Waals surface area contributed by atoms with E-state index in [-0.39, 0.29) is 12.5 Å². The van der Waals surface area contributed by atoms with E-state index in [1.165, 1.54) is 0 Å². The van der Waals surface area contributed by atoms with E-state index in [1.54, 1.807) is 7.11 Å².